The Hall–Kier alpha value is -1.02. The minimum absolute atomic E-state index is 0.618. The molecule has 0 atom stereocenters. The SMILES string of the molecule is Cc1cccc(N(C)CCCCCCNC(C)C)c1. The third-order valence-electron chi connectivity index (χ3n) is 3.42. The second kappa shape index (κ2) is 8.98. The summed E-state index contributed by atoms with van der Waals surface area (Å²) in [6.07, 6.45) is 5.25. The first-order chi connectivity index (χ1) is 9.09. The quantitative estimate of drug-likeness (QED) is 0.677. The van der Waals surface area contributed by atoms with Crippen molar-refractivity contribution in [3.05, 3.63) is 29.8 Å². The molecule has 1 rings (SSSR count). The van der Waals surface area contributed by atoms with Crippen LogP contribution in [-0.4, -0.2) is 26.2 Å². The van der Waals surface area contributed by atoms with Gasteiger partial charge in [0, 0.05) is 25.3 Å². The summed E-state index contributed by atoms with van der Waals surface area (Å²) in [7, 11) is 2.19. The van der Waals surface area contributed by atoms with Gasteiger partial charge in [0.2, 0.25) is 0 Å². The largest absolute Gasteiger partial charge is 0.375 e. The summed E-state index contributed by atoms with van der Waals surface area (Å²) in [5, 5.41) is 3.47. The molecule has 1 aromatic carbocycles. The highest BCUT2D eigenvalue weighted by Crippen LogP contribution is 2.15. The summed E-state index contributed by atoms with van der Waals surface area (Å²) in [6.45, 7) is 8.87. The Morgan fingerprint density at radius 2 is 1.84 bits per heavy atom. The number of aryl methyl sites for hydroxylation is 1. The van der Waals surface area contributed by atoms with Crippen molar-refractivity contribution in [1.29, 1.82) is 0 Å². The fourth-order valence-electron chi connectivity index (χ4n) is 2.21. The first-order valence-corrected chi connectivity index (χ1v) is 7.61. The topological polar surface area (TPSA) is 15.3 Å². The smallest absolute Gasteiger partial charge is 0.0366 e. The van der Waals surface area contributed by atoms with Crippen LogP contribution in [0.2, 0.25) is 0 Å². The Morgan fingerprint density at radius 1 is 1.11 bits per heavy atom. The van der Waals surface area contributed by atoms with E-state index in [9.17, 15) is 0 Å². The lowest BCUT2D eigenvalue weighted by Gasteiger charge is -2.19. The summed E-state index contributed by atoms with van der Waals surface area (Å²) >= 11 is 0. The number of nitrogens with one attached hydrogen (secondary N) is 1. The van der Waals surface area contributed by atoms with E-state index in [-0.39, 0.29) is 0 Å². The second-order valence-corrected chi connectivity index (χ2v) is 5.78. The van der Waals surface area contributed by atoms with E-state index in [1.54, 1.807) is 0 Å². The molecule has 0 aromatic heterocycles. The van der Waals surface area contributed by atoms with Gasteiger partial charge in [0.25, 0.3) is 0 Å². The highest BCUT2D eigenvalue weighted by molar-refractivity contribution is 5.47. The Kier molecular flexibility index (Phi) is 7.57. The van der Waals surface area contributed by atoms with Crippen LogP contribution in [0.25, 0.3) is 0 Å². The number of rotatable bonds is 9. The molecule has 0 amide bonds. The lowest BCUT2D eigenvalue weighted by atomic mass is 10.1. The number of anilines is 1. The van der Waals surface area contributed by atoms with Crippen molar-refractivity contribution in [3.63, 3.8) is 0 Å². The van der Waals surface area contributed by atoms with Crippen LogP contribution < -0.4 is 10.2 Å². The minimum atomic E-state index is 0.618. The lowest BCUT2D eigenvalue weighted by Crippen LogP contribution is -2.23. The maximum Gasteiger partial charge on any atom is 0.0366 e. The predicted molar refractivity (Wildman–Crippen MR) is 86.1 cm³/mol. The molecule has 19 heavy (non-hydrogen) atoms. The molecule has 0 fully saturated rings. The van der Waals surface area contributed by atoms with Crippen molar-refractivity contribution in [2.45, 2.75) is 52.5 Å². The van der Waals surface area contributed by atoms with Crippen molar-refractivity contribution in [3.8, 4) is 0 Å². The number of nitrogens with zero attached hydrogens (tertiary/aromatic N) is 1. The lowest BCUT2D eigenvalue weighted by molar-refractivity contribution is 0.542. The maximum atomic E-state index is 3.47. The highest BCUT2D eigenvalue weighted by atomic mass is 15.1. The summed E-state index contributed by atoms with van der Waals surface area (Å²) < 4.78 is 0. The first-order valence-electron chi connectivity index (χ1n) is 7.61. The highest BCUT2D eigenvalue weighted by Gasteiger charge is 2.00. The Labute approximate surface area is 119 Å². The first kappa shape index (κ1) is 16.0. The van der Waals surface area contributed by atoms with Crippen molar-refractivity contribution < 1.29 is 0 Å². The van der Waals surface area contributed by atoms with Crippen molar-refractivity contribution >= 4 is 5.69 Å². The molecule has 0 unspecified atom stereocenters. The van der Waals surface area contributed by atoms with Crippen molar-refractivity contribution in [2.75, 3.05) is 25.0 Å². The van der Waals surface area contributed by atoms with Crippen LogP contribution >= 0.6 is 0 Å². The molecule has 0 aliphatic heterocycles. The van der Waals surface area contributed by atoms with Gasteiger partial charge in [-0.1, -0.05) is 38.8 Å². The van der Waals surface area contributed by atoms with Gasteiger partial charge in [0.15, 0.2) is 0 Å². The second-order valence-electron chi connectivity index (χ2n) is 5.78. The Morgan fingerprint density at radius 3 is 2.53 bits per heavy atom. The summed E-state index contributed by atoms with van der Waals surface area (Å²) in [5.41, 5.74) is 2.67. The van der Waals surface area contributed by atoms with Crippen LogP contribution in [0.15, 0.2) is 24.3 Å². The number of unbranched alkanes of at least 4 members (excludes halogenated alkanes) is 3. The third kappa shape index (κ3) is 7.22. The van der Waals surface area contributed by atoms with E-state index in [2.05, 4.69) is 62.3 Å². The maximum absolute atomic E-state index is 3.47. The average Bonchev–Trinajstić information content (AvgIpc) is 2.37. The van der Waals surface area contributed by atoms with Crippen LogP contribution in [0.3, 0.4) is 0 Å². The Bertz CT molecular complexity index is 347. The molecule has 0 aliphatic carbocycles. The van der Waals surface area contributed by atoms with E-state index in [4.69, 9.17) is 0 Å². The summed E-state index contributed by atoms with van der Waals surface area (Å²) in [4.78, 5) is 2.36. The monoisotopic (exact) mass is 262 g/mol. The zero-order valence-electron chi connectivity index (χ0n) is 13.1. The zero-order valence-corrected chi connectivity index (χ0v) is 13.1. The molecule has 0 saturated carbocycles. The number of benzene rings is 1. The number of hydrogen-bond donors (Lipinski definition) is 1. The fraction of sp³-hybridized carbons (Fsp3) is 0.647. The molecular formula is C17H30N2. The summed E-state index contributed by atoms with van der Waals surface area (Å²) in [5.74, 6) is 0. The molecule has 0 heterocycles. The van der Waals surface area contributed by atoms with E-state index >= 15 is 0 Å². The molecule has 1 N–H and O–H groups in total. The van der Waals surface area contributed by atoms with Gasteiger partial charge in [-0.2, -0.15) is 0 Å². The van der Waals surface area contributed by atoms with Gasteiger partial charge >= 0.3 is 0 Å². The molecule has 0 bridgehead atoms. The molecule has 0 spiro atoms. The molecule has 2 nitrogen and oxygen atoms in total. The van der Waals surface area contributed by atoms with Gasteiger partial charge in [-0.15, -0.1) is 0 Å². The van der Waals surface area contributed by atoms with E-state index in [0.717, 1.165) is 13.1 Å². The molecule has 108 valence electrons. The van der Waals surface area contributed by atoms with Crippen LogP contribution in [0.4, 0.5) is 5.69 Å². The third-order valence-corrected chi connectivity index (χ3v) is 3.42. The molecule has 0 radical (unpaired) electrons. The van der Waals surface area contributed by atoms with Gasteiger partial charge in [-0.05, 0) is 44.0 Å². The standard InChI is InChI=1S/C17H30N2/c1-15(2)18-12-7-5-6-8-13-19(4)17-11-9-10-16(3)14-17/h9-11,14-15,18H,5-8,12-13H2,1-4H3. The number of hydrogen-bond acceptors (Lipinski definition) is 2. The molecule has 1 aromatic rings. The van der Waals surface area contributed by atoms with Crippen LogP contribution in [-0.2, 0) is 0 Å². The molecular weight excluding hydrogens is 232 g/mol. The summed E-state index contributed by atoms with van der Waals surface area (Å²) in [6, 6.07) is 9.36. The fourth-order valence-corrected chi connectivity index (χ4v) is 2.21. The van der Waals surface area contributed by atoms with E-state index in [0.29, 0.717) is 6.04 Å². The van der Waals surface area contributed by atoms with Gasteiger partial charge in [0.1, 0.15) is 0 Å². The van der Waals surface area contributed by atoms with Gasteiger partial charge in [0.05, 0.1) is 0 Å². The molecule has 0 aliphatic rings. The van der Waals surface area contributed by atoms with Gasteiger partial charge < -0.3 is 10.2 Å². The molecule has 2 heteroatoms. The van der Waals surface area contributed by atoms with Gasteiger partial charge in [-0.3, -0.25) is 0 Å². The molecule has 0 saturated heterocycles. The van der Waals surface area contributed by atoms with Crippen molar-refractivity contribution in [1.82, 2.24) is 5.32 Å². The van der Waals surface area contributed by atoms with E-state index < -0.39 is 0 Å². The average molecular weight is 262 g/mol. The van der Waals surface area contributed by atoms with Crippen LogP contribution in [0.1, 0.15) is 45.1 Å². The zero-order chi connectivity index (χ0) is 14.1. The van der Waals surface area contributed by atoms with Gasteiger partial charge in [-0.25, -0.2) is 0 Å². The predicted octanol–water partition coefficient (Wildman–Crippen LogP) is 3.99. The van der Waals surface area contributed by atoms with E-state index in [1.165, 1.54) is 36.9 Å². The van der Waals surface area contributed by atoms with Crippen LogP contribution in [0, 0.1) is 6.92 Å². The van der Waals surface area contributed by atoms with Crippen molar-refractivity contribution in [2.24, 2.45) is 0 Å². The van der Waals surface area contributed by atoms with E-state index in [1.807, 2.05) is 0 Å². The normalized spacial score (nSPS) is 11.0. The van der Waals surface area contributed by atoms with Crippen LogP contribution in [0.5, 0.6) is 0 Å². The minimum Gasteiger partial charge on any atom is -0.375 e. The Balaban J connectivity index is 2.09.